The fraction of sp³-hybridized carbons (Fsp3) is 0.375. The van der Waals surface area contributed by atoms with Crippen LogP contribution in [-0.2, 0) is 30.5 Å². The van der Waals surface area contributed by atoms with Gasteiger partial charge in [-0.25, -0.2) is 4.98 Å². The van der Waals surface area contributed by atoms with Crippen molar-refractivity contribution in [3.05, 3.63) is 62.6 Å². The summed E-state index contributed by atoms with van der Waals surface area (Å²) in [6.07, 6.45) is 6.63. The van der Waals surface area contributed by atoms with Crippen molar-refractivity contribution >= 4 is 38.4 Å². The molecule has 1 amide bonds. The highest BCUT2D eigenvalue weighted by atomic mass is 32.1. The predicted molar refractivity (Wildman–Crippen MR) is 125 cm³/mol. The minimum Gasteiger partial charge on any atom is -0.361 e. The van der Waals surface area contributed by atoms with Gasteiger partial charge in [-0.15, -0.1) is 11.3 Å². The number of para-hydroxylation sites is 1. The number of amides is 1. The minimum absolute atomic E-state index is 0.0260. The number of aromatic amines is 2. The molecule has 0 saturated heterocycles. The maximum absolute atomic E-state index is 12.7. The number of fused-ring (bicyclic) bond motifs is 4. The lowest BCUT2D eigenvalue weighted by atomic mass is 9.89. The first-order chi connectivity index (χ1) is 15.1. The van der Waals surface area contributed by atoms with Gasteiger partial charge in [0, 0.05) is 41.4 Å². The van der Waals surface area contributed by atoms with E-state index in [0.717, 1.165) is 41.4 Å². The zero-order valence-electron chi connectivity index (χ0n) is 17.6. The molecule has 3 aromatic heterocycles. The maximum atomic E-state index is 12.7. The summed E-state index contributed by atoms with van der Waals surface area (Å²) in [6, 6.07) is 8.16. The SMILES string of the molecule is C[C@@H]1CCc2c(sc3nc(CCC(=O)NCCc4c[nH]c5ccccc45)[nH]c(=O)c23)C1. The average molecular weight is 435 g/mol. The lowest BCUT2D eigenvalue weighted by Crippen LogP contribution is -2.26. The second-order valence-corrected chi connectivity index (χ2v) is 9.59. The van der Waals surface area contributed by atoms with Crippen molar-refractivity contribution in [2.75, 3.05) is 6.54 Å². The van der Waals surface area contributed by atoms with Gasteiger partial charge in [0.1, 0.15) is 10.7 Å². The smallest absolute Gasteiger partial charge is 0.259 e. The van der Waals surface area contributed by atoms with E-state index < -0.39 is 0 Å². The molecule has 0 bridgehead atoms. The number of nitrogens with one attached hydrogen (secondary N) is 3. The minimum atomic E-state index is -0.0632. The van der Waals surface area contributed by atoms with Crippen molar-refractivity contribution in [3.63, 3.8) is 0 Å². The lowest BCUT2D eigenvalue weighted by molar-refractivity contribution is -0.121. The van der Waals surface area contributed by atoms with Gasteiger partial charge in [0.05, 0.1) is 5.39 Å². The number of H-pyrrole nitrogens is 2. The molecule has 1 aromatic carbocycles. The molecule has 1 aliphatic rings. The van der Waals surface area contributed by atoms with E-state index in [-0.39, 0.29) is 11.5 Å². The lowest BCUT2D eigenvalue weighted by Gasteiger charge is -2.17. The van der Waals surface area contributed by atoms with E-state index in [0.29, 0.717) is 31.1 Å². The summed E-state index contributed by atoms with van der Waals surface area (Å²) in [5, 5.41) is 4.94. The van der Waals surface area contributed by atoms with E-state index in [9.17, 15) is 9.59 Å². The first kappa shape index (κ1) is 20.0. The number of carbonyl (C=O) groups is 1. The molecular formula is C24H26N4O2S. The van der Waals surface area contributed by atoms with Crippen molar-refractivity contribution in [1.29, 1.82) is 0 Å². The first-order valence-corrected chi connectivity index (χ1v) is 11.8. The Morgan fingerprint density at radius 1 is 1.29 bits per heavy atom. The van der Waals surface area contributed by atoms with Crippen LogP contribution in [-0.4, -0.2) is 27.4 Å². The zero-order valence-corrected chi connectivity index (χ0v) is 18.4. The predicted octanol–water partition coefficient (Wildman–Crippen LogP) is 3.88. The van der Waals surface area contributed by atoms with Crippen molar-refractivity contribution < 1.29 is 4.79 Å². The number of carbonyl (C=O) groups excluding carboxylic acids is 1. The molecule has 1 aliphatic carbocycles. The molecule has 0 unspecified atom stereocenters. The fourth-order valence-corrected chi connectivity index (χ4v) is 5.91. The zero-order chi connectivity index (χ0) is 21.4. The van der Waals surface area contributed by atoms with Crippen LogP contribution in [0.5, 0.6) is 0 Å². The molecule has 6 nitrogen and oxygen atoms in total. The Labute approximate surface area is 184 Å². The van der Waals surface area contributed by atoms with Gasteiger partial charge in [0.2, 0.25) is 5.91 Å². The normalized spacial score (nSPS) is 16.0. The molecule has 7 heteroatoms. The number of hydrogen-bond donors (Lipinski definition) is 3. The summed E-state index contributed by atoms with van der Waals surface area (Å²) in [7, 11) is 0. The van der Waals surface area contributed by atoms with Gasteiger partial charge in [-0.05, 0) is 48.8 Å². The van der Waals surface area contributed by atoms with Crippen LogP contribution in [0.4, 0.5) is 0 Å². The van der Waals surface area contributed by atoms with Gasteiger partial charge in [0.25, 0.3) is 5.56 Å². The molecule has 0 saturated carbocycles. The topological polar surface area (TPSA) is 90.6 Å². The number of aromatic nitrogens is 3. The van der Waals surface area contributed by atoms with E-state index in [1.165, 1.54) is 21.4 Å². The Morgan fingerprint density at radius 2 is 2.16 bits per heavy atom. The van der Waals surface area contributed by atoms with E-state index in [1.54, 1.807) is 11.3 Å². The van der Waals surface area contributed by atoms with Gasteiger partial charge < -0.3 is 15.3 Å². The van der Waals surface area contributed by atoms with Crippen LogP contribution in [0.1, 0.15) is 41.6 Å². The average Bonchev–Trinajstić information content (AvgIpc) is 3.33. The third-order valence-corrected chi connectivity index (χ3v) is 7.34. The van der Waals surface area contributed by atoms with Crippen molar-refractivity contribution in [2.45, 2.75) is 45.4 Å². The molecule has 160 valence electrons. The van der Waals surface area contributed by atoms with Crippen molar-refractivity contribution in [2.24, 2.45) is 5.92 Å². The number of benzene rings is 1. The standard InChI is InChI=1S/C24H26N4O2S/c1-14-6-7-17-19(12-14)31-24-22(17)23(30)27-20(28-24)8-9-21(29)25-11-10-15-13-26-18-5-3-2-4-16(15)18/h2-5,13-14,26H,6-12H2,1H3,(H,25,29)(H,27,28,30)/t14-/m1/s1. The van der Waals surface area contributed by atoms with Crippen LogP contribution in [0.2, 0.25) is 0 Å². The molecule has 0 radical (unpaired) electrons. The maximum Gasteiger partial charge on any atom is 0.259 e. The number of thiophene rings is 1. The summed E-state index contributed by atoms with van der Waals surface area (Å²) in [4.78, 5) is 38.0. The summed E-state index contributed by atoms with van der Waals surface area (Å²) < 4.78 is 0. The molecule has 1 atom stereocenters. The molecule has 0 aliphatic heterocycles. The summed E-state index contributed by atoms with van der Waals surface area (Å²) in [5.41, 5.74) is 3.43. The highest BCUT2D eigenvalue weighted by Crippen LogP contribution is 2.35. The van der Waals surface area contributed by atoms with Crippen LogP contribution >= 0.6 is 11.3 Å². The second-order valence-electron chi connectivity index (χ2n) is 8.50. The highest BCUT2D eigenvalue weighted by molar-refractivity contribution is 7.18. The molecule has 3 heterocycles. The summed E-state index contributed by atoms with van der Waals surface area (Å²) >= 11 is 1.64. The van der Waals surface area contributed by atoms with Gasteiger partial charge >= 0.3 is 0 Å². The number of nitrogens with zero attached hydrogens (tertiary/aromatic N) is 1. The van der Waals surface area contributed by atoms with Crippen LogP contribution < -0.4 is 10.9 Å². The van der Waals surface area contributed by atoms with E-state index in [2.05, 4.69) is 33.3 Å². The van der Waals surface area contributed by atoms with Crippen molar-refractivity contribution in [3.8, 4) is 0 Å². The van der Waals surface area contributed by atoms with Crippen LogP contribution in [0, 0.1) is 5.92 Å². The van der Waals surface area contributed by atoms with Crippen LogP contribution in [0.25, 0.3) is 21.1 Å². The number of hydrogen-bond acceptors (Lipinski definition) is 4. The first-order valence-electron chi connectivity index (χ1n) is 10.9. The summed E-state index contributed by atoms with van der Waals surface area (Å²) in [6.45, 7) is 2.84. The monoisotopic (exact) mass is 434 g/mol. The number of aryl methyl sites for hydroxylation is 2. The molecule has 4 aromatic rings. The summed E-state index contributed by atoms with van der Waals surface area (Å²) in [5.74, 6) is 1.23. The second kappa shape index (κ2) is 8.30. The van der Waals surface area contributed by atoms with Crippen molar-refractivity contribution in [1.82, 2.24) is 20.3 Å². The molecule has 0 spiro atoms. The highest BCUT2D eigenvalue weighted by Gasteiger charge is 2.23. The Balaban J connectivity index is 1.19. The third-order valence-electron chi connectivity index (χ3n) is 6.19. The Morgan fingerprint density at radius 3 is 3.06 bits per heavy atom. The van der Waals surface area contributed by atoms with Gasteiger partial charge in [-0.1, -0.05) is 25.1 Å². The Bertz CT molecular complexity index is 1320. The van der Waals surface area contributed by atoms with Crippen LogP contribution in [0.15, 0.2) is 35.3 Å². The van der Waals surface area contributed by atoms with E-state index >= 15 is 0 Å². The largest absolute Gasteiger partial charge is 0.361 e. The molecular weight excluding hydrogens is 408 g/mol. The molecule has 3 N–H and O–H groups in total. The molecule has 31 heavy (non-hydrogen) atoms. The third kappa shape index (κ3) is 4.02. The van der Waals surface area contributed by atoms with Crippen LogP contribution in [0.3, 0.4) is 0 Å². The van der Waals surface area contributed by atoms with Gasteiger partial charge in [-0.2, -0.15) is 0 Å². The molecule has 5 rings (SSSR count). The Kier molecular flexibility index (Phi) is 5.36. The fourth-order valence-electron chi connectivity index (χ4n) is 4.51. The Hall–Kier alpha value is -2.93. The number of rotatable bonds is 6. The van der Waals surface area contributed by atoms with E-state index in [1.807, 2.05) is 24.4 Å². The molecule has 0 fully saturated rings. The van der Waals surface area contributed by atoms with E-state index in [4.69, 9.17) is 0 Å². The van der Waals surface area contributed by atoms with Gasteiger partial charge in [0.15, 0.2) is 0 Å². The quantitative estimate of drug-likeness (QED) is 0.430. The van der Waals surface area contributed by atoms with Gasteiger partial charge in [-0.3, -0.25) is 9.59 Å².